The van der Waals surface area contributed by atoms with Gasteiger partial charge in [-0.15, -0.1) is 0 Å². The first-order valence-corrected chi connectivity index (χ1v) is 12.2. The summed E-state index contributed by atoms with van der Waals surface area (Å²) in [7, 11) is 1.57. The average Bonchev–Trinajstić information content (AvgIpc) is 2.91. The molecule has 2 fully saturated rings. The topological polar surface area (TPSA) is 89.1 Å². The minimum Gasteiger partial charge on any atom is -0.493 e. The molecule has 3 heterocycles. The maximum atomic E-state index is 14.5. The summed E-state index contributed by atoms with van der Waals surface area (Å²) in [5.41, 5.74) is 0.822. The van der Waals surface area contributed by atoms with Crippen LogP contribution in [0.15, 0.2) is 36.7 Å². The van der Waals surface area contributed by atoms with E-state index in [4.69, 9.17) is 25.8 Å². The number of methoxy groups -OCH3 is 1. The van der Waals surface area contributed by atoms with Crippen LogP contribution in [0.25, 0.3) is 10.9 Å². The molecule has 2 amide bonds. The van der Waals surface area contributed by atoms with Crippen molar-refractivity contribution < 1.29 is 23.4 Å². The quantitative estimate of drug-likeness (QED) is 0.536. The fraction of sp³-hybridized carbons (Fsp3) is 0.400. The number of piperidine rings is 1. The van der Waals surface area contributed by atoms with Crippen LogP contribution in [0.5, 0.6) is 11.5 Å². The number of halogens is 2. The molecule has 0 radical (unpaired) electrons. The first-order valence-electron chi connectivity index (χ1n) is 11.9. The summed E-state index contributed by atoms with van der Waals surface area (Å²) < 4.78 is 31.7. The number of benzene rings is 2. The zero-order chi connectivity index (χ0) is 25.1. The van der Waals surface area contributed by atoms with E-state index in [1.807, 2.05) is 9.80 Å². The van der Waals surface area contributed by atoms with Crippen molar-refractivity contribution in [3.05, 3.63) is 47.5 Å². The molecule has 5 rings (SSSR count). The van der Waals surface area contributed by atoms with Crippen molar-refractivity contribution in [3.8, 4) is 11.5 Å². The Morgan fingerprint density at radius 3 is 2.61 bits per heavy atom. The van der Waals surface area contributed by atoms with Gasteiger partial charge < -0.3 is 29.3 Å². The van der Waals surface area contributed by atoms with Crippen LogP contribution in [0.4, 0.5) is 20.7 Å². The Morgan fingerprint density at radius 2 is 1.86 bits per heavy atom. The van der Waals surface area contributed by atoms with Crippen molar-refractivity contribution in [1.29, 1.82) is 0 Å². The number of rotatable bonds is 5. The number of urea groups is 1. The van der Waals surface area contributed by atoms with E-state index in [0.717, 1.165) is 0 Å². The van der Waals surface area contributed by atoms with Crippen LogP contribution in [0, 0.1) is 5.82 Å². The summed E-state index contributed by atoms with van der Waals surface area (Å²) in [4.78, 5) is 25.1. The molecule has 2 aliphatic heterocycles. The molecule has 2 saturated heterocycles. The second-order valence-electron chi connectivity index (χ2n) is 8.66. The number of hydrogen-bond acceptors (Lipinski definition) is 7. The van der Waals surface area contributed by atoms with Gasteiger partial charge in [0.15, 0.2) is 17.3 Å². The Hall–Kier alpha value is -3.37. The van der Waals surface area contributed by atoms with E-state index in [9.17, 15) is 9.18 Å². The summed E-state index contributed by atoms with van der Waals surface area (Å²) in [6.45, 7) is 3.64. The highest BCUT2D eigenvalue weighted by Gasteiger charge is 2.28. The Kier molecular flexibility index (Phi) is 7.24. The van der Waals surface area contributed by atoms with Crippen LogP contribution in [-0.2, 0) is 4.74 Å². The van der Waals surface area contributed by atoms with Crippen LogP contribution >= 0.6 is 11.6 Å². The number of likely N-dealkylation sites (tertiary alicyclic amines) is 1. The lowest BCUT2D eigenvalue weighted by atomic mass is 10.1. The van der Waals surface area contributed by atoms with Gasteiger partial charge in [-0.1, -0.05) is 17.7 Å². The molecule has 3 aromatic rings. The van der Waals surface area contributed by atoms with Crippen LogP contribution in [-0.4, -0.2) is 78.4 Å². The van der Waals surface area contributed by atoms with E-state index in [-0.39, 0.29) is 22.8 Å². The number of ether oxygens (including phenoxy) is 3. The normalized spacial score (nSPS) is 16.8. The van der Waals surface area contributed by atoms with E-state index < -0.39 is 5.82 Å². The summed E-state index contributed by atoms with van der Waals surface area (Å²) in [6.07, 6.45) is 2.70. The monoisotopic (exact) mass is 515 g/mol. The number of fused-ring (bicyclic) bond motifs is 1. The maximum Gasteiger partial charge on any atom is 0.320 e. The number of aromatic nitrogens is 2. The third-order valence-electron chi connectivity index (χ3n) is 6.41. The highest BCUT2D eigenvalue weighted by molar-refractivity contribution is 6.31. The second kappa shape index (κ2) is 10.7. The van der Waals surface area contributed by atoms with Crippen molar-refractivity contribution in [2.75, 3.05) is 51.8 Å². The molecular weight excluding hydrogens is 489 g/mol. The van der Waals surface area contributed by atoms with Gasteiger partial charge in [0.2, 0.25) is 0 Å². The number of hydrogen-bond donors (Lipinski definition) is 1. The number of nitrogens with one attached hydrogen (secondary N) is 1. The van der Waals surface area contributed by atoms with Gasteiger partial charge in [0.05, 0.1) is 36.6 Å². The molecule has 0 saturated carbocycles. The van der Waals surface area contributed by atoms with E-state index in [1.54, 1.807) is 31.4 Å². The van der Waals surface area contributed by atoms with Crippen molar-refractivity contribution in [2.45, 2.75) is 18.9 Å². The Balaban J connectivity index is 1.33. The zero-order valence-corrected chi connectivity index (χ0v) is 20.6. The predicted octanol–water partition coefficient (Wildman–Crippen LogP) is 4.47. The Morgan fingerprint density at radius 1 is 1.11 bits per heavy atom. The van der Waals surface area contributed by atoms with E-state index in [0.29, 0.717) is 80.5 Å². The standard InChI is InChI=1S/C25H27ClFN5O4/c1-34-21-14-20-17(24(29-15-28-20)30-19-4-2-3-18(26)23(19)27)13-22(21)36-16-5-7-31(8-6-16)25(33)32-9-11-35-12-10-32/h2-4,13-16H,5-12H2,1H3,(H,28,29,30). The first kappa shape index (κ1) is 24.3. The lowest BCUT2D eigenvalue weighted by Crippen LogP contribution is -2.51. The molecule has 2 aromatic carbocycles. The molecule has 11 heteroatoms. The predicted molar refractivity (Wildman–Crippen MR) is 134 cm³/mol. The van der Waals surface area contributed by atoms with E-state index >= 15 is 0 Å². The van der Waals surface area contributed by atoms with Gasteiger partial charge in [0.25, 0.3) is 0 Å². The molecule has 0 bridgehead atoms. The number of nitrogens with zero attached hydrogens (tertiary/aromatic N) is 4. The molecule has 190 valence electrons. The third-order valence-corrected chi connectivity index (χ3v) is 6.71. The van der Waals surface area contributed by atoms with Crippen LogP contribution in [0.3, 0.4) is 0 Å². The van der Waals surface area contributed by atoms with Gasteiger partial charge in [-0.25, -0.2) is 19.2 Å². The van der Waals surface area contributed by atoms with Gasteiger partial charge in [-0.3, -0.25) is 0 Å². The average molecular weight is 516 g/mol. The second-order valence-corrected chi connectivity index (χ2v) is 9.06. The third kappa shape index (κ3) is 5.10. The van der Waals surface area contributed by atoms with Gasteiger partial charge in [-0.2, -0.15) is 0 Å². The number of carbonyl (C=O) groups excluding carboxylic acids is 1. The fourth-order valence-electron chi connectivity index (χ4n) is 4.44. The fourth-order valence-corrected chi connectivity index (χ4v) is 4.62. The lowest BCUT2D eigenvalue weighted by Gasteiger charge is -2.37. The smallest absolute Gasteiger partial charge is 0.320 e. The van der Waals surface area contributed by atoms with Crippen molar-refractivity contribution in [1.82, 2.24) is 19.8 Å². The first-order chi connectivity index (χ1) is 17.5. The summed E-state index contributed by atoms with van der Waals surface area (Å²) in [6, 6.07) is 8.35. The van der Waals surface area contributed by atoms with E-state index in [2.05, 4.69) is 15.3 Å². The van der Waals surface area contributed by atoms with Crippen LogP contribution < -0.4 is 14.8 Å². The number of carbonyl (C=O) groups is 1. The molecule has 2 aliphatic rings. The van der Waals surface area contributed by atoms with Crippen LogP contribution in [0.1, 0.15) is 12.8 Å². The molecule has 1 aromatic heterocycles. The van der Waals surface area contributed by atoms with Gasteiger partial charge in [-0.05, 0) is 18.2 Å². The molecule has 36 heavy (non-hydrogen) atoms. The van der Waals surface area contributed by atoms with E-state index in [1.165, 1.54) is 12.4 Å². The molecular formula is C25H27ClFN5O4. The van der Waals surface area contributed by atoms with Crippen molar-refractivity contribution in [2.24, 2.45) is 0 Å². The Labute approximate surface area is 213 Å². The van der Waals surface area contributed by atoms with Gasteiger partial charge >= 0.3 is 6.03 Å². The number of amides is 2. The minimum atomic E-state index is -0.561. The molecule has 9 nitrogen and oxygen atoms in total. The summed E-state index contributed by atoms with van der Waals surface area (Å²) in [5, 5.41) is 3.67. The number of anilines is 2. The largest absolute Gasteiger partial charge is 0.493 e. The SMILES string of the molecule is COc1cc2ncnc(Nc3cccc(Cl)c3F)c2cc1OC1CCN(C(=O)N2CCOCC2)CC1. The Bertz CT molecular complexity index is 1250. The van der Waals surface area contributed by atoms with Gasteiger partial charge in [0.1, 0.15) is 18.2 Å². The number of morpholine rings is 1. The molecule has 0 atom stereocenters. The van der Waals surface area contributed by atoms with Crippen molar-refractivity contribution in [3.63, 3.8) is 0 Å². The zero-order valence-electron chi connectivity index (χ0n) is 19.9. The maximum absolute atomic E-state index is 14.5. The molecule has 1 N–H and O–H groups in total. The molecule has 0 aliphatic carbocycles. The molecule has 0 spiro atoms. The molecule has 0 unspecified atom stereocenters. The van der Waals surface area contributed by atoms with Gasteiger partial charge in [0, 0.05) is 50.5 Å². The summed E-state index contributed by atoms with van der Waals surface area (Å²) in [5.74, 6) is 0.925. The minimum absolute atomic E-state index is 0.0162. The highest BCUT2D eigenvalue weighted by Crippen LogP contribution is 2.37. The van der Waals surface area contributed by atoms with Crippen molar-refractivity contribution >= 4 is 40.0 Å². The van der Waals surface area contributed by atoms with Crippen LogP contribution in [0.2, 0.25) is 5.02 Å². The lowest BCUT2D eigenvalue weighted by molar-refractivity contribution is 0.0359. The summed E-state index contributed by atoms with van der Waals surface area (Å²) >= 11 is 5.93. The highest BCUT2D eigenvalue weighted by atomic mass is 35.5.